The van der Waals surface area contributed by atoms with E-state index in [4.69, 9.17) is 4.52 Å². The molecule has 1 atom stereocenters. The number of hydrogen-bond donors (Lipinski definition) is 2. The monoisotopic (exact) mass is 315 g/mol. The molecule has 120 valence electrons. The maximum absolute atomic E-state index is 11.8. The molecule has 0 aromatic carbocycles. The first kappa shape index (κ1) is 18.0. The first-order valence-electron chi connectivity index (χ1n) is 7.68. The van der Waals surface area contributed by atoms with Gasteiger partial charge in [-0.3, -0.25) is 4.79 Å². The van der Waals surface area contributed by atoms with Crippen molar-refractivity contribution in [2.24, 2.45) is 0 Å². The molecule has 1 unspecified atom stereocenters. The van der Waals surface area contributed by atoms with Crippen molar-refractivity contribution >= 4 is 18.3 Å². The molecule has 2 heterocycles. The summed E-state index contributed by atoms with van der Waals surface area (Å²) in [6.07, 6.45) is 4.92. The van der Waals surface area contributed by atoms with Gasteiger partial charge >= 0.3 is 0 Å². The Labute approximate surface area is 132 Å². The van der Waals surface area contributed by atoms with E-state index >= 15 is 0 Å². The van der Waals surface area contributed by atoms with Crippen LogP contribution >= 0.6 is 12.4 Å². The maximum atomic E-state index is 11.8. The molecule has 1 saturated heterocycles. The lowest BCUT2D eigenvalue weighted by molar-refractivity contribution is -0.121. The molecular weight excluding hydrogens is 290 g/mol. The summed E-state index contributed by atoms with van der Waals surface area (Å²) in [4.78, 5) is 11.8. The van der Waals surface area contributed by atoms with Gasteiger partial charge in [0, 0.05) is 24.4 Å². The minimum absolute atomic E-state index is 0. The van der Waals surface area contributed by atoms with Crippen LogP contribution in [0.5, 0.6) is 0 Å². The third kappa shape index (κ3) is 5.32. The van der Waals surface area contributed by atoms with E-state index in [1.807, 2.05) is 6.07 Å². The maximum Gasteiger partial charge on any atom is 0.221 e. The van der Waals surface area contributed by atoms with Crippen LogP contribution in [0.15, 0.2) is 10.6 Å². The van der Waals surface area contributed by atoms with Crippen LogP contribution in [0.4, 0.5) is 0 Å². The van der Waals surface area contributed by atoms with Crippen molar-refractivity contribution in [3.05, 3.63) is 17.5 Å². The molecule has 1 amide bonds. The number of rotatable bonds is 7. The van der Waals surface area contributed by atoms with Gasteiger partial charge in [-0.1, -0.05) is 19.0 Å². The summed E-state index contributed by atoms with van der Waals surface area (Å²) in [7, 11) is 0. The zero-order chi connectivity index (χ0) is 14.4. The average Bonchev–Trinajstić information content (AvgIpc) is 3.10. The highest BCUT2D eigenvalue weighted by molar-refractivity contribution is 5.85. The number of amides is 1. The number of aromatic nitrogens is 1. The fourth-order valence-electron chi connectivity index (χ4n) is 2.72. The van der Waals surface area contributed by atoms with E-state index in [0.717, 1.165) is 37.3 Å². The first-order valence-corrected chi connectivity index (χ1v) is 7.68. The minimum Gasteiger partial charge on any atom is -0.359 e. The quantitative estimate of drug-likeness (QED) is 0.812. The number of halogens is 1. The Bertz CT molecular complexity index is 426. The molecule has 1 aromatic heterocycles. The van der Waals surface area contributed by atoms with Crippen molar-refractivity contribution in [3.8, 4) is 0 Å². The molecular formula is C15H26ClN3O2. The van der Waals surface area contributed by atoms with Crippen LogP contribution in [0.3, 0.4) is 0 Å². The predicted octanol–water partition coefficient (Wildman–Crippen LogP) is 2.76. The molecule has 21 heavy (non-hydrogen) atoms. The minimum atomic E-state index is 0. The third-order valence-electron chi connectivity index (χ3n) is 4.04. The van der Waals surface area contributed by atoms with Crippen LogP contribution in [0, 0.1) is 0 Å². The van der Waals surface area contributed by atoms with E-state index in [2.05, 4.69) is 29.6 Å². The van der Waals surface area contributed by atoms with Gasteiger partial charge in [0.15, 0.2) is 5.76 Å². The van der Waals surface area contributed by atoms with E-state index in [1.165, 1.54) is 6.42 Å². The average molecular weight is 316 g/mol. The van der Waals surface area contributed by atoms with Crippen LogP contribution in [0.25, 0.3) is 0 Å². The highest BCUT2D eigenvalue weighted by Gasteiger charge is 2.18. The van der Waals surface area contributed by atoms with Gasteiger partial charge < -0.3 is 15.2 Å². The van der Waals surface area contributed by atoms with Crippen molar-refractivity contribution < 1.29 is 9.32 Å². The molecule has 0 radical (unpaired) electrons. The molecule has 5 nitrogen and oxygen atoms in total. The van der Waals surface area contributed by atoms with Crippen LogP contribution < -0.4 is 10.6 Å². The molecule has 1 aliphatic heterocycles. The summed E-state index contributed by atoms with van der Waals surface area (Å²) in [6, 6.07) is 2.30. The van der Waals surface area contributed by atoms with E-state index in [9.17, 15) is 4.79 Å². The second-order valence-corrected chi connectivity index (χ2v) is 5.51. The van der Waals surface area contributed by atoms with Gasteiger partial charge in [-0.05, 0) is 32.2 Å². The molecule has 0 aliphatic carbocycles. The topological polar surface area (TPSA) is 67.2 Å². The molecule has 0 saturated carbocycles. The standard InChI is InChI=1S/C15H25N3O2.ClH/c1-3-11(4-2)14-9-13(20-18-14)10-17-15(19)8-12-6-5-7-16-12;/h9,11-12,16H,3-8,10H2,1-2H3,(H,17,19);1H. The van der Waals surface area contributed by atoms with Crippen LogP contribution in [-0.2, 0) is 11.3 Å². The molecule has 1 aromatic rings. The Hall–Kier alpha value is -1.07. The number of carbonyl (C=O) groups excluding carboxylic acids is 1. The van der Waals surface area contributed by atoms with Gasteiger partial charge in [-0.2, -0.15) is 0 Å². The Morgan fingerprint density at radius 3 is 2.90 bits per heavy atom. The Balaban J connectivity index is 0.00000220. The van der Waals surface area contributed by atoms with Gasteiger partial charge in [0.25, 0.3) is 0 Å². The van der Waals surface area contributed by atoms with E-state index in [1.54, 1.807) is 0 Å². The molecule has 2 N–H and O–H groups in total. The molecule has 1 aliphatic rings. The zero-order valence-electron chi connectivity index (χ0n) is 12.9. The molecule has 6 heteroatoms. The van der Waals surface area contributed by atoms with E-state index in [-0.39, 0.29) is 18.3 Å². The summed E-state index contributed by atoms with van der Waals surface area (Å²) in [6.45, 7) is 5.76. The Morgan fingerprint density at radius 2 is 2.29 bits per heavy atom. The van der Waals surface area contributed by atoms with Gasteiger partial charge in [0.05, 0.1) is 12.2 Å². The van der Waals surface area contributed by atoms with Crippen molar-refractivity contribution in [1.29, 1.82) is 0 Å². The number of carbonyl (C=O) groups is 1. The van der Waals surface area contributed by atoms with Crippen LogP contribution in [0.2, 0.25) is 0 Å². The van der Waals surface area contributed by atoms with Crippen molar-refractivity contribution in [2.75, 3.05) is 6.54 Å². The lowest BCUT2D eigenvalue weighted by Gasteiger charge is -2.09. The van der Waals surface area contributed by atoms with Crippen molar-refractivity contribution in [2.45, 2.75) is 64.5 Å². The van der Waals surface area contributed by atoms with E-state index < -0.39 is 0 Å². The lowest BCUT2D eigenvalue weighted by atomic mass is 9.99. The summed E-state index contributed by atoms with van der Waals surface area (Å²) >= 11 is 0. The van der Waals surface area contributed by atoms with Crippen molar-refractivity contribution in [3.63, 3.8) is 0 Å². The highest BCUT2D eigenvalue weighted by Crippen LogP contribution is 2.22. The lowest BCUT2D eigenvalue weighted by Crippen LogP contribution is -2.31. The molecule has 0 bridgehead atoms. The zero-order valence-corrected chi connectivity index (χ0v) is 13.7. The highest BCUT2D eigenvalue weighted by atomic mass is 35.5. The number of nitrogens with one attached hydrogen (secondary N) is 2. The molecule has 1 fully saturated rings. The summed E-state index contributed by atoms with van der Waals surface area (Å²) in [5.41, 5.74) is 0.997. The van der Waals surface area contributed by atoms with Crippen LogP contribution in [0.1, 0.15) is 63.3 Å². The second kappa shape index (κ2) is 9.05. The Morgan fingerprint density at radius 1 is 1.52 bits per heavy atom. The fraction of sp³-hybridized carbons (Fsp3) is 0.733. The number of nitrogens with zero attached hydrogens (tertiary/aromatic N) is 1. The normalized spacial score (nSPS) is 17.8. The number of hydrogen-bond acceptors (Lipinski definition) is 4. The van der Waals surface area contributed by atoms with E-state index in [0.29, 0.717) is 24.9 Å². The Kier molecular flexibility index (Phi) is 7.75. The van der Waals surface area contributed by atoms with Gasteiger partial charge in [0.2, 0.25) is 5.91 Å². The molecule has 0 spiro atoms. The summed E-state index contributed by atoms with van der Waals surface area (Å²) in [5.74, 6) is 1.26. The SMILES string of the molecule is CCC(CC)c1cc(CNC(=O)CC2CCCN2)on1.Cl. The largest absolute Gasteiger partial charge is 0.359 e. The smallest absolute Gasteiger partial charge is 0.221 e. The third-order valence-corrected chi connectivity index (χ3v) is 4.04. The predicted molar refractivity (Wildman–Crippen MR) is 84.6 cm³/mol. The van der Waals surface area contributed by atoms with Gasteiger partial charge in [-0.15, -0.1) is 12.4 Å². The fourth-order valence-corrected chi connectivity index (χ4v) is 2.72. The van der Waals surface area contributed by atoms with Crippen molar-refractivity contribution in [1.82, 2.24) is 15.8 Å². The molecule has 2 rings (SSSR count). The second-order valence-electron chi connectivity index (χ2n) is 5.51. The summed E-state index contributed by atoms with van der Waals surface area (Å²) in [5, 5.41) is 10.3. The first-order chi connectivity index (χ1) is 9.72. The van der Waals surface area contributed by atoms with Gasteiger partial charge in [0.1, 0.15) is 0 Å². The summed E-state index contributed by atoms with van der Waals surface area (Å²) < 4.78 is 5.29. The van der Waals surface area contributed by atoms with Gasteiger partial charge in [-0.25, -0.2) is 0 Å². The van der Waals surface area contributed by atoms with Crippen LogP contribution in [-0.4, -0.2) is 23.7 Å².